The quantitative estimate of drug-likeness (QED) is 0.797. The molecule has 6 nitrogen and oxygen atoms in total. The van der Waals surface area contributed by atoms with Crippen molar-refractivity contribution in [1.29, 1.82) is 0 Å². The van der Waals surface area contributed by atoms with Gasteiger partial charge < -0.3 is 10.4 Å². The lowest BCUT2D eigenvalue weighted by molar-refractivity contribution is -0.137. The molecule has 0 fully saturated rings. The predicted octanol–water partition coefficient (Wildman–Crippen LogP) is 2.04. The minimum atomic E-state index is -0.395. The van der Waals surface area contributed by atoms with E-state index < -0.39 is 11.8 Å². The van der Waals surface area contributed by atoms with Crippen LogP contribution in [0.5, 0.6) is 0 Å². The number of carbonyl (C=O) groups is 3. The first-order chi connectivity index (χ1) is 13.1. The smallest absolute Gasteiger partial charge is 0.253 e. The molecule has 0 bridgehead atoms. The molecule has 2 aliphatic rings. The fourth-order valence-electron chi connectivity index (χ4n) is 3.67. The zero-order chi connectivity index (χ0) is 19.0. The monoisotopic (exact) mass is 362 g/mol. The van der Waals surface area contributed by atoms with E-state index in [1.54, 1.807) is 0 Å². The Kier molecular flexibility index (Phi) is 4.33. The molecule has 0 spiro atoms. The van der Waals surface area contributed by atoms with E-state index in [4.69, 9.17) is 0 Å². The maximum atomic E-state index is 12.2. The molecule has 1 aliphatic heterocycles. The molecule has 136 valence electrons. The molecule has 4 rings (SSSR count). The minimum Gasteiger partial charge on any atom is -0.395 e. The number of nitrogens with one attached hydrogen (secondary N) is 1. The maximum Gasteiger partial charge on any atom is 0.253 e. The van der Waals surface area contributed by atoms with Crippen LogP contribution in [0.4, 0.5) is 5.69 Å². The molecule has 6 heteroatoms. The third-order valence-corrected chi connectivity index (χ3v) is 4.98. The van der Waals surface area contributed by atoms with Gasteiger partial charge in [-0.05, 0) is 34.4 Å². The van der Waals surface area contributed by atoms with E-state index >= 15 is 0 Å². The van der Waals surface area contributed by atoms with Crippen LogP contribution in [-0.4, -0.2) is 40.9 Å². The fraction of sp³-hybridized carbons (Fsp3) is 0.190. The number of imide groups is 1. The molecule has 27 heavy (non-hydrogen) atoms. The topological polar surface area (TPSA) is 86.7 Å². The van der Waals surface area contributed by atoms with Crippen LogP contribution in [0.3, 0.4) is 0 Å². The number of aliphatic hydroxyl groups excluding tert-OH is 1. The Morgan fingerprint density at radius 2 is 1.70 bits per heavy atom. The third kappa shape index (κ3) is 3.04. The molecule has 0 aromatic heterocycles. The lowest BCUT2D eigenvalue weighted by atomic mass is 9.98. The summed E-state index contributed by atoms with van der Waals surface area (Å²) in [5.74, 6) is -1.18. The maximum absolute atomic E-state index is 12.2. The van der Waals surface area contributed by atoms with Crippen molar-refractivity contribution in [2.45, 2.75) is 12.3 Å². The van der Waals surface area contributed by atoms with Crippen molar-refractivity contribution in [2.75, 3.05) is 18.5 Å². The summed E-state index contributed by atoms with van der Waals surface area (Å²) < 4.78 is 0. The van der Waals surface area contributed by atoms with Gasteiger partial charge in [0.2, 0.25) is 5.91 Å². The van der Waals surface area contributed by atoms with Crippen molar-refractivity contribution in [2.24, 2.45) is 0 Å². The van der Waals surface area contributed by atoms with E-state index in [1.807, 2.05) is 42.5 Å². The van der Waals surface area contributed by atoms with Gasteiger partial charge in [-0.2, -0.15) is 0 Å². The van der Waals surface area contributed by atoms with E-state index in [0.717, 1.165) is 27.2 Å². The first-order valence-electron chi connectivity index (χ1n) is 8.76. The molecule has 0 saturated heterocycles. The SMILES string of the molecule is O=C(CCN1C(=O)C=CC1=O)Nc1ccc2c(c1)C(CO)c1ccccc1-2. The second kappa shape index (κ2) is 6.81. The Labute approximate surface area is 156 Å². The predicted molar refractivity (Wildman–Crippen MR) is 99.9 cm³/mol. The fourth-order valence-corrected chi connectivity index (χ4v) is 3.67. The summed E-state index contributed by atoms with van der Waals surface area (Å²) in [7, 11) is 0. The van der Waals surface area contributed by atoms with Crippen LogP contribution in [0, 0.1) is 0 Å². The molecule has 2 N–H and O–H groups in total. The number of carbonyl (C=O) groups excluding carboxylic acids is 3. The van der Waals surface area contributed by atoms with Crippen molar-refractivity contribution in [3.8, 4) is 11.1 Å². The van der Waals surface area contributed by atoms with Crippen LogP contribution in [0.15, 0.2) is 54.6 Å². The molecule has 1 heterocycles. The molecular weight excluding hydrogens is 344 g/mol. The Morgan fingerprint density at radius 1 is 1.00 bits per heavy atom. The highest BCUT2D eigenvalue weighted by molar-refractivity contribution is 6.13. The summed E-state index contributed by atoms with van der Waals surface area (Å²) in [6.45, 7) is 0.0414. The molecule has 1 unspecified atom stereocenters. The minimum absolute atomic E-state index is 0.00635. The first-order valence-corrected chi connectivity index (χ1v) is 8.76. The second-order valence-electron chi connectivity index (χ2n) is 6.58. The molecule has 1 atom stereocenters. The average molecular weight is 362 g/mol. The molecule has 0 radical (unpaired) electrons. The lowest BCUT2D eigenvalue weighted by Crippen LogP contribution is -2.33. The Bertz CT molecular complexity index is 962. The zero-order valence-electron chi connectivity index (χ0n) is 14.5. The number of amides is 3. The van der Waals surface area contributed by atoms with Gasteiger partial charge in [0.1, 0.15) is 0 Å². The highest BCUT2D eigenvalue weighted by Crippen LogP contribution is 2.45. The number of anilines is 1. The van der Waals surface area contributed by atoms with Crippen LogP contribution >= 0.6 is 0 Å². The van der Waals surface area contributed by atoms with E-state index in [9.17, 15) is 19.5 Å². The molecule has 1 aliphatic carbocycles. The number of nitrogens with zero attached hydrogens (tertiary/aromatic N) is 1. The largest absolute Gasteiger partial charge is 0.395 e. The second-order valence-corrected chi connectivity index (χ2v) is 6.58. The first kappa shape index (κ1) is 17.2. The van der Waals surface area contributed by atoms with Gasteiger partial charge in [0.15, 0.2) is 0 Å². The average Bonchev–Trinajstić information content (AvgIpc) is 3.16. The normalized spacial score (nSPS) is 17.2. The van der Waals surface area contributed by atoms with Gasteiger partial charge in [0, 0.05) is 36.7 Å². The van der Waals surface area contributed by atoms with Gasteiger partial charge in [-0.15, -0.1) is 0 Å². The Morgan fingerprint density at radius 3 is 2.44 bits per heavy atom. The van der Waals surface area contributed by atoms with Gasteiger partial charge in [0.25, 0.3) is 11.8 Å². The molecule has 2 aromatic carbocycles. The van der Waals surface area contributed by atoms with Gasteiger partial charge in [0.05, 0.1) is 6.61 Å². The van der Waals surface area contributed by atoms with Crippen LogP contribution < -0.4 is 5.32 Å². The summed E-state index contributed by atoms with van der Waals surface area (Å²) in [6.07, 6.45) is 2.43. The van der Waals surface area contributed by atoms with Crippen molar-refractivity contribution in [3.63, 3.8) is 0 Å². The van der Waals surface area contributed by atoms with E-state index in [0.29, 0.717) is 5.69 Å². The summed E-state index contributed by atoms with van der Waals surface area (Å²) in [5.41, 5.74) is 4.84. The number of hydrogen-bond donors (Lipinski definition) is 2. The van der Waals surface area contributed by atoms with Crippen molar-refractivity contribution < 1.29 is 19.5 Å². The number of rotatable bonds is 5. The summed E-state index contributed by atoms with van der Waals surface area (Å²) >= 11 is 0. The molecular formula is C21H18N2O4. The van der Waals surface area contributed by atoms with E-state index in [1.165, 1.54) is 12.2 Å². The summed E-state index contributed by atoms with van der Waals surface area (Å²) in [5, 5.41) is 12.6. The van der Waals surface area contributed by atoms with Crippen LogP contribution in [0.25, 0.3) is 11.1 Å². The lowest BCUT2D eigenvalue weighted by Gasteiger charge is -2.14. The van der Waals surface area contributed by atoms with E-state index in [2.05, 4.69) is 5.32 Å². The highest BCUT2D eigenvalue weighted by atomic mass is 16.3. The van der Waals surface area contributed by atoms with Gasteiger partial charge in [-0.3, -0.25) is 19.3 Å². The molecule has 2 aromatic rings. The number of fused-ring (bicyclic) bond motifs is 3. The van der Waals surface area contributed by atoms with Gasteiger partial charge in [-0.1, -0.05) is 30.3 Å². The third-order valence-electron chi connectivity index (χ3n) is 4.98. The molecule has 3 amide bonds. The van der Waals surface area contributed by atoms with Crippen molar-refractivity contribution in [1.82, 2.24) is 4.90 Å². The van der Waals surface area contributed by atoms with Crippen LogP contribution in [-0.2, 0) is 14.4 Å². The zero-order valence-corrected chi connectivity index (χ0v) is 14.5. The van der Waals surface area contributed by atoms with Crippen molar-refractivity contribution >= 4 is 23.4 Å². The highest BCUT2D eigenvalue weighted by Gasteiger charge is 2.28. The van der Waals surface area contributed by atoms with E-state index in [-0.39, 0.29) is 31.4 Å². The Balaban J connectivity index is 1.47. The summed E-state index contributed by atoms with van der Waals surface area (Å²) in [4.78, 5) is 36.3. The van der Waals surface area contributed by atoms with Gasteiger partial charge in [-0.25, -0.2) is 0 Å². The van der Waals surface area contributed by atoms with Crippen LogP contribution in [0.2, 0.25) is 0 Å². The number of hydrogen-bond acceptors (Lipinski definition) is 4. The van der Waals surface area contributed by atoms with Crippen molar-refractivity contribution in [3.05, 3.63) is 65.7 Å². The number of benzene rings is 2. The standard InChI is InChI=1S/C21H18N2O4/c24-12-18-15-4-2-1-3-14(15)16-6-5-13(11-17(16)18)22-19(25)9-10-23-20(26)7-8-21(23)27/h1-8,11,18,24H,9-10,12H2,(H,22,25). The molecule has 0 saturated carbocycles. The van der Waals surface area contributed by atoms with Crippen LogP contribution in [0.1, 0.15) is 23.5 Å². The Hall–Kier alpha value is -3.25. The number of aliphatic hydroxyl groups is 1. The summed E-state index contributed by atoms with van der Waals surface area (Å²) in [6, 6.07) is 13.6. The van der Waals surface area contributed by atoms with Gasteiger partial charge >= 0.3 is 0 Å².